The molecule has 174 valence electrons. The van der Waals surface area contributed by atoms with Crippen molar-refractivity contribution in [1.29, 1.82) is 0 Å². The number of esters is 1. The second kappa shape index (κ2) is 9.46. The lowest BCUT2D eigenvalue weighted by molar-refractivity contribution is -0.159. The highest BCUT2D eigenvalue weighted by Crippen LogP contribution is 2.33. The molecule has 31 heavy (non-hydrogen) atoms. The van der Waals surface area contributed by atoms with Crippen LogP contribution in [0.1, 0.15) is 64.2 Å². The van der Waals surface area contributed by atoms with Crippen LogP contribution in [0.2, 0.25) is 0 Å². The van der Waals surface area contributed by atoms with Gasteiger partial charge in [0.05, 0.1) is 17.4 Å². The standard InChI is InChI=1S/C22H34N2O6S/c25-20(24(18-4-2-1-3-5-18)19-10-13-31(28,29)15-19)14-30-22(27)17-8-11-23(12-9-17)21(26)16-6-7-16/h16-19H,1-15H2. The van der Waals surface area contributed by atoms with E-state index in [-0.39, 0.29) is 59.8 Å². The van der Waals surface area contributed by atoms with Crippen molar-refractivity contribution < 1.29 is 27.5 Å². The molecule has 2 aliphatic heterocycles. The molecule has 1 atom stereocenters. The lowest BCUT2D eigenvalue weighted by Crippen LogP contribution is -2.50. The molecule has 0 aromatic carbocycles. The molecule has 0 radical (unpaired) electrons. The Morgan fingerprint density at radius 2 is 1.52 bits per heavy atom. The highest BCUT2D eigenvalue weighted by atomic mass is 32.2. The molecule has 2 aliphatic carbocycles. The molecule has 4 fully saturated rings. The first-order chi connectivity index (χ1) is 14.8. The third kappa shape index (κ3) is 5.59. The number of amides is 2. The largest absolute Gasteiger partial charge is 0.455 e. The molecule has 9 heteroatoms. The van der Waals surface area contributed by atoms with E-state index < -0.39 is 9.84 Å². The van der Waals surface area contributed by atoms with Gasteiger partial charge in [-0.1, -0.05) is 19.3 Å². The summed E-state index contributed by atoms with van der Waals surface area (Å²) in [6.07, 6.45) is 8.51. The molecule has 2 heterocycles. The fourth-order valence-electron chi connectivity index (χ4n) is 5.31. The van der Waals surface area contributed by atoms with Gasteiger partial charge < -0.3 is 14.5 Å². The van der Waals surface area contributed by atoms with Gasteiger partial charge >= 0.3 is 5.97 Å². The third-order valence-corrected chi connectivity index (χ3v) is 9.01. The molecule has 4 rings (SSSR count). The Morgan fingerprint density at radius 3 is 2.10 bits per heavy atom. The number of ether oxygens (including phenoxy) is 1. The van der Waals surface area contributed by atoms with E-state index in [1.807, 2.05) is 4.90 Å². The van der Waals surface area contributed by atoms with Gasteiger partial charge in [-0.05, 0) is 44.9 Å². The van der Waals surface area contributed by atoms with E-state index in [1.165, 1.54) is 0 Å². The minimum absolute atomic E-state index is 0.0106. The van der Waals surface area contributed by atoms with E-state index in [4.69, 9.17) is 4.74 Å². The van der Waals surface area contributed by atoms with E-state index in [0.29, 0.717) is 32.4 Å². The SMILES string of the molecule is O=C(OCC(=O)N(C1CCCCC1)C1CCS(=O)(=O)C1)C1CCN(C(=O)C2CC2)CC1. The Labute approximate surface area is 184 Å². The van der Waals surface area contributed by atoms with Gasteiger partial charge in [0.1, 0.15) is 0 Å². The summed E-state index contributed by atoms with van der Waals surface area (Å²) in [4.78, 5) is 41.3. The highest BCUT2D eigenvalue weighted by molar-refractivity contribution is 7.91. The summed E-state index contributed by atoms with van der Waals surface area (Å²) >= 11 is 0. The van der Waals surface area contributed by atoms with Gasteiger partial charge in [-0.3, -0.25) is 14.4 Å². The van der Waals surface area contributed by atoms with Crippen LogP contribution in [0.3, 0.4) is 0 Å². The van der Waals surface area contributed by atoms with E-state index in [2.05, 4.69) is 0 Å². The first-order valence-corrected chi connectivity index (χ1v) is 13.6. The first kappa shape index (κ1) is 22.6. The average Bonchev–Trinajstić information content (AvgIpc) is 3.56. The van der Waals surface area contributed by atoms with Crippen molar-refractivity contribution in [2.75, 3.05) is 31.2 Å². The maximum Gasteiger partial charge on any atom is 0.309 e. The number of piperidine rings is 1. The zero-order chi connectivity index (χ0) is 22.0. The molecule has 0 aromatic heterocycles. The number of likely N-dealkylation sites (tertiary alicyclic amines) is 1. The monoisotopic (exact) mass is 454 g/mol. The van der Waals surface area contributed by atoms with Crippen LogP contribution in [0.15, 0.2) is 0 Å². The molecule has 2 amide bonds. The number of hydrogen-bond donors (Lipinski definition) is 0. The van der Waals surface area contributed by atoms with Crippen molar-refractivity contribution in [3.8, 4) is 0 Å². The minimum atomic E-state index is -3.11. The number of nitrogens with zero attached hydrogens (tertiary/aromatic N) is 2. The number of carbonyl (C=O) groups is 3. The van der Waals surface area contributed by atoms with Crippen LogP contribution in [-0.4, -0.2) is 79.3 Å². The molecule has 0 spiro atoms. The van der Waals surface area contributed by atoms with Gasteiger partial charge in [0.25, 0.3) is 5.91 Å². The Kier molecular flexibility index (Phi) is 6.89. The van der Waals surface area contributed by atoms with Gasteiger partial charge in [-0.15, -0.1) is 0 Å². The smallest absolute Gasteiger partial charge is 0.309 e. The Bertz CT molecular complexity index is 795. The van der Waals surface area contributed by atoms with Crippen LogP contribution in [0, 0.1) is 11.8 Å². The predicted octanol–water partition coefficient (Wildman–Crippen LogP) is 1.53. The number of carbonyl (C=O) groups excluding carboxylic acids is 3. The van der Waals surface area contributed by atoms with Crippen molar-refractivity contribution in [3.05, 3.63) is 0 Å². The van der Waals surface area contributed by atoms with Crippen LogP contribution in [0.25, 0.3) is 0 Å². The predicted molar refractivity (Wildman–Crippen MR) is 114 cm³/mol. The normalized spacial score (nSPS) is 27.1. The number of sulfone groups is 1. The fourth-order valence-corrected chi connectivity index (χ4v) is 7.02. The minimum Gasteiger partial charge on any atom is -0.455 e. The molecule has 8 nitrogen and oxygen atoms in total. The molecule has 0 bridgehead atoms. The zero-order valence-corrected chi connectivity index (χ0v) is 19.0. The summed E-state index contributed by atoms with van der Waals surface area (Å²) in [7, 11) is -3.11. The summed E-state index contributed by atoms with van der Waals surface area (Å²) in [5.41, 5.74) is 0. The summed E-state index contributed by atoms with van der Waals surface area (Å²) in [6, 6.07) is -0.272. The second-order valence-electron chi connectivity index (χ2n) is 9.63. The van der Waals surface area contributed by atoms with E-state index in [0.717, 1.165) is 44.9 Å². The Morgan fingerprint density at radius 1 is 0.839 bits per heavy atom. The van der Waals surface area contributed by atoms with Gasteiger partial charge in [0, 0.05) is 31.1 Å². The van der Waals surface area contributed by atoms with Crippen LogP contribution >= 0.6 is 0 Å². The number of hydrogen-bond acceptors (Lipinski definition) is 6. The van der Waals surface area contributed by atoms with Crippen molar-refractivity contribution in [2.24, 2.45) is 11.8 Å². The van der Waals surface area contributed by atoms with Crippen LogP contribution < -0.4 is 0 Å². The van der Waals surface area contributed by atoms with Crippen LogP contribution in [0.5, 0.6) is 0 Å². The molecule has 2 saturated carbocycles. The van der Waals surface area contributed by atoms with Gasteiger partial charge in [-0.25, -0.2) is 8.42 Å². The van der Waals surface area contributed by atoms with Gasteiger partial charge in [0.2, 0.25) is 5.91 Å². The zero-order valence-electron chi connectivity index (χ0n) is 18.2. The van der Waals surface area contributed by atoms with Crippen molar-refractivity contribution in [2.45, 2.75) is 76.3 Å². The van der Waals surface area contributed by atoms with E-state index in [9.17, 15) is 22.8 Å². The second-order valence-corrected chi connectivity index (χ2v) is 11.9. The van der Waals surface area contributed by atoms with E-state index >= 15 is 0 Å². The molecular weight excluding hydrogens is 420 g/mol. The molecule has 2 saturated heterocycles. The van der Waals surface area contributed by atoms with Crippen molar-refractivity contribution in [3.63, 3.8) is 0 Å². The molecule has 4 aliphatic rings. The lowest BCUT2D eigenvalue weighted by atomic mass is 9.93. The number of rotatable bonds is 6. The first-order valence-electron chi connectivity index (χ1n) is 11.8. The molecular formula is C22H34N2O6S. The topological polar surface area (TPSA) is 101 Å². The average molecular weight is 455 g/mol. The van der Waals surface area contributed by atoms with Gasteiger partial charge in [0.15, 0.2) is 16.4 Å². The summed E-state index contributed by atoms with van der Waals surface area (Å²) in [5, 5.41) is 0. The molecule has 0 N–H and O–H groups in total. The molecule has 1 unspecified atom stereocenters. The maximum atomic E-state index is 13.1. The van der Waals surface area contributed by atoms with Crippen LogP contribution in [0.4, 0.5) is 0 Å². The van der Waals surface area contributed by atoms with Crippen molar-refractivity contribution >= 4 is 27.6 Å². The maximum absolute atomic E-state index is 13.1. The van der Waals surface area contributed by atoms with E-state index in [1.54, 1.807) is 4.90 Å². The lowest BCUT2D eigenvalue weighted by Gasteiger charge is -2.38. The van der Waals surface area contributed by atoms with Crippen molar-refractivity contribution in [1.82, 2.24) is 9.80 Å². The Balaban J connectivity index is 1.30. The fraction of sp³-hybridized carbons (Fsp3) is 0.864. The third-order valence-electron chi connectivity index (χ3n) is 7.26. The van der Waals surface area contributed by atoms with Crippen LogP contribution in [-0.2, 0) is 29.0 Å². The Hall–Kier alpha value is -1.64. The summed E-state index contributed by atoms with van der Waals surface area (Å²) in [6.45, 7) is 0.807. The van der Waals surface area contributed by atoms with Gasteiger partial charge in [-0.2, -0.15) is 0 Å². The highest BCUT2D eigenvalue weighted by Gasteiger charge is 2.39. The quantitative estimate of drug-likeness (QED) is 0.564. The summed E-state index contributed by atoms with van der Waals surface area (Å²) in [5.74, 6) is -0.421. The summed E-state index contributed by atoms with van der Waals surface area (Å²) < 4.78 is 29.4. The molecule has 0 aromatic rings.